The second kappa shape index (κ2) is 9.86. The molecule has 1 heterocycles. The molecule has 4 aromatic rings. The lowest BCUT2D eigenvalue weighted by molar-refractivity contribution is -0.120. The van der Waals surface area contributed by atoms with Crippen LogP contribution in [0.15, 0.2) is 54.6 Å². The van der Waals surface area contributed by atoms with Gasteiger partial charge in [0.2, 0.25) is 0 Å². The first-order valence-electron chi connectivity index (χ1n) is 10.5. The zero-order valence-electron chi connectivity index (χ0n) is 18.5. The number of aromatic nitrogens is 1. The highest BCUT2D eigenvalue weighted by molar-refractivity contribution is 7.22. The smallest absolute Gasteiger partial charge is 0.266 e. The minimum atomic E-state index is -0.111. The van der Waals surface area contributed by atoms with Crippen molar-refractivity contribution in [3.8, 4) is 5.75 Å². The minimum Gasteiger partial charge on any atom is -0.484 e. The fourth-order valence-electron chi connectivity index (χ4n) is 3.56. The number of hydrogen-bond acceptors (Lipinski definition) is 5. The standard InChI is InChI=1S/C25H26ClN3O2S/c1-17-21(26)11-12-22-24(17)27-25(32-22)29(14-6-13-28(2)3)23(30)16-31-20-10-9-18-7-4-5-8-19(18)15-20/h4-5,7-12,15H,6,13-14,16H2,1-3H3. The van der Waals surface area contributed by atoms with Gasteiger partial charge in [-0.2, -0.15) is 0 Å². The largest absolute Gasteiger partial charge is 0.484 e. The summed E-state index contributed by atoms with van der Waals surface area (Å²) in [5.74, 6) is 0.567. The Hall–Kier alpha value is -2.67. The van der Waals surface area contributed by atoms with E-state index >= 15 is 0 Å². The minimum absolute atomic E-state index is 0.0457. The number of benzene rings is 3. The number of ether oxygens (including phenoxy) is 1. The highest BCUT2D eigenvalue weighted by Crippen LogP contribution is 2.33. The van der Waals surface area contributed by atoms with Crippen molar-refractivity contribution in [1.29, 1.82) is 0 Å². The quantitative estimate of drug-likeness (QED) is 0.329. The molecule has 0 saturated heterocycles. The zero-order valence-corrected chi connectivity index (χ0v) is 20.0. The molecule has 0 radical (unpaired) electrons. The topological polar surface area (TPSA) is 45.7 Å². The van der Waals surface area contributed by atoms with E-state index in [1.807, 2.05) is 69.6 Å². The Morgan fingerprint density at radius 1 is 1.06 bits per heavy atom. The van der Waals surface area contributed by atoms with Crippen molar-refractivity contribution in [2.75, 3.05) is 38.7 Å². The number of amides is 1. The molecule has 166 valence electrons. The van der Waals surface area contributed by atoms with Gasteiger partial charge in [-0.25, -0.2) is 4.98 Å². The Morgan fingerprint density at radius 3 is 2.62 bits per heavy atom. The third-order valence-corrected chi connectivity index (χ3v) is 6.79. The predicted octanol–water partition coefficient (Wildman–Crippen LogP) is 5.78. The molecule has 1 amide bonds. The van der Waals surface area contributed by atoms with E-state index in [0.29, 0.717) is 22.4 Å². The van der Waals surface area contributed by atoms with Gasteiger partial charge in [-0.3, -0.25) is 9.69 Å². The lowest BCUT2D eigenvalue weighted by Gasteiger charge is -2.21. The number of thiazole rings is 1. The molecule has 1 aromatic heterocycles. The van der Waals surface area contributed by atoms with Gasteiger partial charge in [0, 0.05) is 11.6 Å². The zero-order chi connectivity index (χ0) is 22.7. The molecule has 0 saturated carbocycles. The molecule has 0 N–H and O–H groups in total. The number of hydrogen-bond donors (Lipinski definition) is 0. The number of anilines is 1. The molecule has 7 heteroatoms. The van der Waals surface area contributed by atoms with Crippen molar-refractivity contribution in [3.63, 3.8) is 0 Å². The highest BCUT2D eigenvalue weighted by Gasteiger charge is 2.21. The van der Waals surface area contributed by atoms with Crippen molar-refractivity contribution in [1.82, 2.24) is 9.88 Å². The van der Waals surface area contributed by atoms with E-state index in [9.17, 15) is 4.79 Å². The first-order valence-corrected chi connectivity index (χ1v) is 11.7. The Bertz CT molecular complexity index is 1250. The average molecular weight is 468 g/mol. The Balaban J connectivity index is 1.54. The average Bonchev–Trinajstić information content (AvgIpc) is 3.22. The maximum Gasteiger partial charge on any atom is 0.266 e. The Labute approximate surface area is 197 Å². The van der Waals surface area contributed by atoms with Crippen LogP contribution in [-0.4, -0.2) is 49.6 Å². The molecular weight excluding hydrogens is 442 g/mol. The molecule has 0 bridgehead atoms. The predicted molar refractivity (Wildman–Crippen MR) is 134 cm³/mol. The normalized spacial score (nSPS) is 11.4. The summed E-state index contributed by atoms with van der Waals surface area (Å²) in [5.41, 5.74) is 1.78. The number of aryl methyl sites for hydroxylation is 1. The summed E-state index contributed by atoms with van der Waals surface area (Å²) >= 11 is 7.78. The van der Waals surface area contributed by atoms with E-state index in [2.05, 4.69) is 11.0 Å². The summed E-state index contributed by atoms with van der Waals surface area (Å²) in [7, 11) is 4.05. The fraction of sp³-hybridized carbons (Fsp3) is 0.280. The summed E-state index contributed by atoms with van der Waals surface area (Å²) in [6, 6.07) is 17.8. The van der Waals surface area contributed by atoms with Crippen molar-refractivity contribution in [2.45, 2.75) is 13.3 Å². The number of nitrogens with zero attached hydrogens (tertiary/aromatic N) is 3. The third kappa shape index (κ3) is 5.04. The van der Waals surface area contributed by atoms with Crippen molar-refractivity contribution >= 4 is 55.0 Å². The van der Waals surface area contributed by atoms with Crippen LogP contribution in [0.5, 0.6) is 5.75 Å². The molecule has 4 rings (SSSR count). The van der Waals surface area contributed by atoms with Crippen LogP contribution in [0.2, 0.25) is 5.02 Å². The molecule has 0 spiro atoms. The molecular formula is C25H26ClN3O2S. The third-order valence-electron chi connectivity index (χ3n) is 5.34. The molecule has 5 nitrogen and oxygen atoms in total. The van der Waals surface area contributed by atoms with Crippen LogP contribution in [0.1, 0.15) is 12.0 Å². The molecule has 32 heavy (non-hydrogen) atoms. The van der Waals surface area contributed by atoms with Crippen LogP contribution in [0.4, 0.5) is 5.13 Å². The van der Waals surface area contributed by atoms with Crippen molar-refractivity contribution < 1.29 is 9.53 Å². The number of rotatable bonds is 8. The van der Waals surface area contributed by atoms with Crippen molar-refractivity contribution in [2.24, 2.45) is 0 Å². The lowest BCUT2D eigenvalue weighted by Crippen LogP contribution is -2.36. The maximum absolute atomic E-state index is 13.2. The molecule has 3 aromatic carbocycles. The summed E-state index contributed by atoms with van der Waals surface area (Å²) in [4.78, 5) is 21.8. The van der Waals surface area contributed by atoms with E-state index in [-0.39, 0.29) is 12.5 Å². The Morgan fingerprint density at radius 2 is 1.84 bits per heavy atom. The molecule has 0 atom stereocenters. The van der Waals surface area contributed by atoms with E-state index in [4.69, 9.17) is 21.3 Å². The highest BCUT2D eigenvalue weighted by atomic mass is 35.5. The SMILES string of the molecule is Cc1c(Cl)ccc2sc(N(CCCN(C)C)C(=O)COc3ccc4ccccc4c3)nc12. The van der Waals surface area contributed by atoms with E-state index in [1.54, 1.807) is 4.90 Å². The van der Waals surface area contributed by atoms with Crippen molar-refractivity contribution in [3.05, 3.63) is 65.2 Å². The number of carbonyl (C=O) groups is 1. The maximum atomic E-state index is 13.2. The van der Waals surface area contributed by atoms with Gasteiger partial charge in [0.05, 0.1) is 10.2 Å². The Kier molecular flexibility index (Phi) is 6.94. The van der Waals surface area contributed by atoms with E-state index in [1.165, 1.54) is 11.3 Å². The van der Waals surface area contributed by atoms with Crippen LogP contribution >= 0.6 is 22.9 Å². The van der Waals surface area contributed by atoms with Crippen LogP contribution in [0.25, 0.3) is 21.0 Å². The number of fused-ring (bicyclic) bond motifs is 2. The second-order valence-electron chi connectivity index (χ2n) is 8.02. The lowest BCUT2D eigenvalue weighted by atomic mass is 10.1. The first kappa shape index (κ1) is 22.5. The van der Waals surface area contributed by atoms with Gasteiger partial charge >= 0.3 is 0 Å². The fourth-order valence-corrected chi connectivity index (χ4v) is 4.78. The summed E-state index contributed by atoms with van der Waals surface area (Å²) in [5, 5.41) is 3.58. The van der Waals surface area contributed by atoms with Gasteiger partial charge in [0.1, 0.15) is 5.75 Å². The van der Waals surface area contributed by atoms with Crippen LogP contribution in [-0.2, 0) is 4.79 Å². The van der Waals surface area contributed by atoms with E-state index < -0.39 is 0 Å². The second-order valence-corrected chi connectivity index (χ2v) is 9.43. The molecule has 0 aliphatic carbocycles. The van der Waals surface area contributed by atoms with E-state index in [0.717, 1.165) is 39.5 Å². The molecule has 0 aliphatic heterocycles. The van der Waals surface area contributed by atoms with Crippen LogP contribution in [0.3, 0.4) is 0 Å². The summed E-state index contributed by atoms with van der Waals surface area (Å²) in [6.45, 7) is 3.36. The first-order chi connectivity index (χ1) is 15.4. The summed E-state index contributed by atoms with van der Waals surface area (Å²) < 4.78 is 6.89. The number of halogens is 1. The molecule has 0 fully saturated rings. The van der Waals surface area contributed by atoms with Gasteiger partial charge in [-0.05, 0) is 74.6 Å². The van der Waals surface area contributed by atoms with Gasteiger partial charge in [-0.15, -0.1) is 0 Å². The number of carbonyl (C=O) groups excluding carboxylic acids is 1. The van der Waals surface area contributed by atoms with Gasteiger partial charge in [-0.1, -0.05) is 53.3 Å². The van der Waals surface area contributed by atoms with Crippen LogP contribution in [0, 0.1) is 6.92 Å². The molecule has 0 unspecified atom stereocenters. The molecule has 0 aliphatic rings. The van der Waals surface area contributed by atoms with Gasteiger partial charge in [0.25, 0.3) is 5.91 Å². The van der Waals surface area contributed by atoms with Crippen LogP contribution < -0.4 is 9.64 Å². The monoisotopic (exact) mass is 467 g/mol. The van der Waals surface area contributed by atoms with Gasteiger partial charge < -0.3 is 9.64 Å². The summed E-state index contributed by atoms with van der Waals surface area (Å²) in [6.07, 6.45) is 0.838. The van der Waals surface area contributed by atoms with Gasteiger partial charge in [0.15, 0.2) is 11.7 Å².